The van der Waals surface area contributed by atoms with Crippen LogP contribution in [0.25, 0.3) is 0 Å². The van der Waals surface area contributed by atoms with Crippen molar-refractivity contribution in [1.82, 2.24) is 5.32 Å². The molecule has 1 amide bonds. The first kappa shape index (κ1) is 14.6. The molecular weight excluding hydrogens is 196 g/mol. The first-order valence-corrected chi connectivity index (χ1v) is 4.92. The number of nitrogens with one attached hydrogen (secondary N) is 1. The lowest BCUT2D eigenvalue weighted by Gasteiger charge is -2.10. The van der Waals surface area contributed by atoms with Gasteiger partial charge in [0, 0.05) is 12.6 Å². The van der Waals surface area contributed by atoms with Crippen LogP contribution in [-0.2, 0) is 4.79 Å². The van der Waals surface area contributed by atoms with Gasteiger partial charge >= 0.3 is 0 Å². The molecule has 0 aromatic carbocycles. The highest BCUT2D eigenvalue weighted by Crippen LogP contribution is 2.03. The number of carbonyl (C=O) groups is 1. The first-order valence-electron chi connectivity index (χ1n) is 3.64. The minimum Gasteiger partial charge on any atom is -0.354 e. The summed E-state index contributed by atoms with van der Waals surface area (Å²) in [7, 11) is 0. The summed E-state index contributed by atoms with van der Waals surface area (Å²) >= 11 is 1.53. The second kappa shape index (κ2) is 7.71. The van der Waals surface area contributed by atoms with Gasteiger partial charge in [-0.25, -0.2) is 0 Å². The molecule has 0 fully saturated rings. The standard InChI is InChI=1S/C7H16N2OS.ClH/c1-5(8)4-9-7(10)6(2)11-3;/h5-6H,4,8H2,1-3H3,(H,9,10);1H. The zero-order chi connectivity index (χ0) is 8.85. The molecule has 2 unspecified atom stereocenters. The van der Waals surface area contributed by atoms with Crippen molar-refractivity contribution in [2.45, 2.75) is 25.1 Å². The molecule has 3 N–H and O–H groups in total. The van der Waals surface area contributed by atoms with E-state index in [-0.39, 0.29) is 29.6 Å². The monoisotopic (exact) mass is 212 g/mol. The van der Waals surface area contributed by atoms with Crippen molar-refractivity contribution in [3.8, 4) is 0 Å². The highest BCUT2D eigenvalue weighted by atomic mass is 35.5. The van der Waals surface area contributed by atoms with E-state index in [1.165, 1.54) is 11.8 Å². The predicted octanol–water partition coefficient (Wildman–Crippen LogP) is 0.623. The van der Waals surface area contributed by atoms with Gasteiger partial charge in [-0.1, -0.05) is 0 Å². The molecule has 12 heavy (non-hydrogen) atoms. The highest BCUT2D eigenvalue weighted by molar-refractivity contribution is 7.99. The molecule has 0 bridgehead atoms. The number of carbonyl (C=O) groups excluding carboxylic acids is 1. The van der Waals surface area contributed by atoms with Crippen molar-refractivity contribution >= 4 is 30.1 Å². The van der Waals surface area contributed by atoms with Crippen LogP contribution in [0.2, 0.25) is 0 Å². The van der Waals surface area contributed by atoms with Gasteiger partial charge in [0.1, 0.15) is 0 Å². The van der Waals surface area contributed by atoms with Crippen LogP contribution >= 0.6 is 24.2 Å². The van der Waals surface area contributed by atoms with Crippen LogP contribution < -0.4 is 11.1 Å². The van der Waals surface area contributed by atoms with E-state index >= 15 is 0 Å². The van der Waals surface area contributed by atoms with E-state index in [0.29, 0.717) is 6.54 Å². The van der Waals surface area contributed by atoms with E-state index in [4.69, 9.17) is 5.73 Å². The molecule has 2 atom stereocenters. The Kier molecular flexibility index (Phi) is 9.37. The molecule has 0 spiro atoms. The summed E-state index contributed by atoms with van der Waals surface area (Å²) in [6.45, 7) is 4.30. The smallest absolute Gasteiger partial charge is 0.232 e. The average Bonchev–Trinajstić information content (AvgIpc) is 1.98. The van der Waals surface area contributed by atoms with E-state index in [0.717, 1.165) is 0 Å². The average molecular weight is 213 g/mol. The summed E-state index contributed by atoms with van der Waals surface area (Å²) in [6.07, 6.45) is 1.91. The van der Waals surface area contributed by atoms with E-state index in [1.54, 1.807) is 0 Å². The van der Waals surface area contributed by atoms with Crippen LogP contribution in [0.1, 0.15) is 13.8 Å². The van der Waals surface area contributed by atoms with Crippen molar-refractivity contribution in [3.63, 3.8) is 0 Å². The second-order valence-corrected chi connectivity index (χ2v) is 3.78. The third-order valence-corrected chi connectivity index (χ3v) is 2.24. The summed E-state index contributed by atoms with van der Waals surface area (Å²) in [4.78, 5) is 11.1. The molecule has 3 nitrogen and oxygen atoms in total. The first-order chi connectivity index (χ1) is 5.07. The number of thioether (sulfide) groups is 1. The molecule has 0 aliphatic rings. The van der Waals surface area contributed by atoms with Gasteiger partial charge in [-0.3, -0.25) is 4.79 Å². The number of halogens is 1. The van der Waals surface area contributed by atoms with Crippen molar-refractivity contribution in [1.29, 1.82) is 0 Å². The van der Waals surface area contributed by atoms with Gasteiger partial charge in [-0.05, 0) is 20.1 Å². The minimum absolute atomic E-state index is 0. The van der Waals surface area contributed by atoms with E-state index < -0.39 is 0 Å². The van der Waals surface area contributed by atoms with Crippen molar-refractivity contribution in [3.05, 3.63) is 0 Å². The molecule has 0 aliphatic carbocycles. The number of nitrogens with two attached hydrogens (primary N) is 1. The maximum Gasteiger partial charge on any atom is 0.232 e. The summed E-state index contributed by atoms with van der Waals surface area (Å²) in [5.74, 6) is 0.0646. The Bertz CT molecular complexity index is 133. The Morgan fingerprint density at radius 2 is 2.08 bits per heavy atom. The van der Waals surface area contributed by atoms with Crippen molar-refractivity contribution < 1.29 is 4.79 Å². The fourth-order valence-electron chi connectivity index (χ4n) is 0.512. The number of hydrogen-bond acceptors (Lipinski definition) is 3. The molecule has 0 saturated carbocycles. The molecular formula is C7H17ClN2OS. The SMILES string of the molecule is CSC(C)C(=O)NCC(C)N.Cl. The van der Waals surface area contributed by atoms with E-state index in [1.807, 2.05) is 20.1 Å². The summed E-state index contributed by atoms with van der Waals surface area (Å²) in [5.41, 5.74) is 5.46. The Balaban J connectivity index is 0. The highest BCUT2D eigenvalue weighted by Gasteiger charge is 2.09. The number of hydrogen-bond donors (Lipinski definition) is 2. The second-order valence-electron chi connectivity index (χ2n) is 2.60. The fraction of sp³-hybridized carbons (Fsp3) is 0.857. The zero-order valence-corrected chi connectivity index (χ0v) is 9.30. The van der Waals surface area contributed by atoms with Gasteiger partial charge in [-0.2, -0.15) is 11.8 Å². The van der Waals surface area contributed by atoms with Gasteiger partial charge in [0.2, 0.25) is 5.91 Å². The Hall–Kier alpha value is 0.0700. The minimum atomic E-state index is 0. The lowest BCUT2D eigenvalue weighted by Crippen LogP contribution is -2.38. The van der Waals surface area contributed by atoms with Crippen molar-refractivity contribution in [2.24, 2.45) is 5.73 Å². The van der Waals surface area contributed by atoms with Gasteiger partial charge < -0.3 is 11.1 Å². The van der Waals surface area contributed by atoms with Gasteiger partial charge in [0.25, 0.3) is 0 Å². The molecule has 0 aromatic heterocycles. The maximum absolute atomic E-state index is 11.1. The molecule has 0 saturated heterocycles. The van der Waals surface area contributed by atoms with Crippen LogP contribution in [0.3, 0.4) is 0 Å². The normalized spacial score (nSPS) is 14.3. The maximum atomic E-state index is 11.1. The predicted molar refractivity (Wildman–Crippen MR) is 56.9 cm³/mol. The van der Waals surface area contributed by atoms with Crippen LogP contribution in [0.5, 0.6) is 0 Å². The summed E-state index contributed by atoms with van der Waals surface area (Å²) in [6, 6.07) is 0.0352. The van der Waals surface area contributed by atoms with Crippen LogP contribution in [0.15, 0.2) is 0 Å². The number of amides is 1. The molecule has 0 aliphatic heterocycles. The summed E-state index contributed by atoms with van der Waals surface area (Å²) in [5, 5.41) is 2.77. The Morgan fingerprint density at radius 3 is 2.42 bits per heavy atom. The lowest BCUT2D eigenvalue weighted by atomic mass is 10.3. The molecule has 0 aromatic rings. The van der Waals surface area contributed by atoms with Crippen LogP contribution in [-0.4, -0.2) is 30.0 Å². The summed E-state index contributed by atoms with van der Waals surface area (Å²) < 4.78 is 0. The lowest BCUT2D eigenvalue weighted by molar-refractivity contribution is -0.120. The third-order valence-electron chi connectivity index (χ3n) is 1.32. The van der Waals surface area contributed by atoms with Crippen LogP contribution in [0, 0.1) is 0 Å². The van der Waals surface area contributed by atoms with Crippen LogP contribution in [0.4, 0.5) is 0 Å². The third kappa shape index (κ3) is 6.76. The Labute approximate surface area is 84.3 Å². The topological polar surface area (TPSA) is 55.1 Å². The molecule has 5 heteroatoms. The molecule has 0 heterocycles. The van der Waals surface area contributed by atoms with Crippen molar-refractivity contribution in [2.75, 3.05) is 12.8 Å². The molecule has 0 rings (SSSR count). The van der Waals surface area contributed by atoms with Gasteiger partial charge in [0.15, 0.2) is 0 Å². The molecule has 0 radical (unpaired) electrons. The molecule has 74 valence electrons. The quantitative estimate of drug-likeness (QED) is 0.719. The van der Waals surface area contributed by atoms with E-state index in [2.05, 4.69) is 5.32 Å². The van der Waals surface area contributed by atoms with Gasteiger partial charge in [-0.15, -0.1) is 12.4 Å². The zero-order valence-electron chi connectivity index (χ0n) is 7.66. The Morgan fingerprint density at radius 1 is 1.58 bits per heavy atom. The number of rotatable bonds is 4. The van der Waals surface area contributed by atoms with E-state index in [9.17, 15) is 4.79 Å². The van der Waals surface area contributed by atoms with Gasteiger partial charge in [0.05, 0.1) is 5.25 Å². The largest absolute Gasteiger partial charge is 0.354 e. The fourth-order valence-corrected chi connectivity index (χ4v) is 0.810.